The Morgan fingerprint density at radius 1 is 1.22 bits per heavy atom. The Labute approximate surface area is 115 Å². The lowest BCUT2D eigenvalue weighted by Gasteiger charge is -2.26. The number of hydrogen-bond donors (Lipinski definition) is 2. The van der Waals surface area contributed by atoms with Crippen molar-refractivity contribution in [3.05, 3.63) is 29.8 Å². The van der Waals surface area contributed by atoms with Crippen LogP contribution in [0.1, 0.15) is 12.0 Å². The summed E-state index contributed by atoms with van der Waals surface area (Å²) in [6.45, 7) is 0.410. The van der Waals surface area contributed by atoms with Gasteiger partial charge in [-0.15, -0.1) is 0 Å². The third kappa shape index (κ3) is 4.29. The lowest BCUT2D eigenvalue weighted by molar-refractivity contribution is 0.0914. The average Bonchev–Trinajstić information content (AvgIpc) is 2.41. The van der Waals surface area contributed by atoms with Gasteiger partial charge < -0.3 is 19.0 Å². The first-order valence-electron chi connectivity index (χ1n) is 5.86. The van der Waals surface area contributed by atoms with Crippen LogP contribution in [-0.2, 0) is 19.9 Å². The van der Waals surface area contributed by atoms with E-state index in [1.165, 1.54) is 0 Å². The van der Waals surface area contributed by atoms with Gasteiger partial charge in [0.2, 0.25) is 0 Å². The van der Waals surface area contributed by atoms with Gasteiger partial charge in [0.1, 0.15) is 0 Å². The van der Waals surface area contributed by atoms with Crippen molar-refractivity contribution in [1.82, 2.24) is 0 Å². The molecule has 0 aliphatic carbocycles. The predicted octanol–water partition coefficient (Wildman–Crippen LogP) is 2.34. The molecule has 1 aromatic rings. The van der Waals surface area contributed by atoms with E-state index in [0.717, 1.165) is 29.5 Å². The van der Waals surface area contributed by atoms with E-state index in [1.54, 1.807) is 14.2 Å². The molecule has 0 spiro atoms. The van der Waals surface area contributed by atoms with Crippen molar-refractivity contribution in [2.24, 2.45) is 0 Å². The molecular formula is C12H21NO3SSi. The number of rotatable bonds is 8. The fourth-order valence-electron chi connectivity index (χ4n) is 1.63. The molecule has 0 radical (unpaired) electrons. The van der Waals surface area contributed by atoms with Crippen LogP contribution in [0.4, 0.5) is 5.69 Å². The summed E-state index contributed by atoms with van der Waals surface area (Å²) in [6.07, 6.45) is 0.904. The van der Waals surface area contributed by atoms with Gasteiger partial charge in [-0.05, 0) is 23.8 Å². The number of para-hydroxylation sites is 1. The predicted molar refractivity (Wildman–Crippen MR) is 78.7 cm³/mol. The zero-order valence-electron chi connectivity index (χ0n) is 10.9. The van der Waals surface area contributed by atoms with Crippen LogP contribution in [0.5, 0.6) is 0 Å². The van der Waals surface area contributed by atoms with Crippen molar-refractivity contribution in [2.75, 3.05) is 25.7 Å². The van der Waals surface area contributed by atoms with E-state index in [2.05, 4.69) is 12.6 Å². The molecule has 0 aliphatic rings. The number of benzene rings is 1. The first kappa shape index (κ1) is 15.5. The topological polar surface area (TPSA) is 53.7 Å². The molecule has 1 rings (SSSR count). The quantitative estimate of drug-likeness (QED) is 0.438. The molecule has 0 heterocycles. The number of nitrogens with two attached hydrogens (primary N) is 1. The van der Waals surface area contributed by atoms with Gasteiger partial charge >= 0.3 is 8.80 Å². The van der Waals surface area contributed by atoms with Crippen molar-refractivity contribution in [3.8, 4) is 0 Å². The molecule has 2 N–H and O–H groups in total. The van der Waals surface area contributed by atoms with E-state index in [9.17, 15) is 0 Å². The Balaban J connectivity index is 2.64. The van der Waals surface area contributed by atoms with Gasteiger partial charge in [-0.3, -0.25) is 0 Å². The molecule has 0 saturated heterocycles. The second-order valence-corrected chi connectivity index (χ2v) is 7.32. The van der Waals surface area contributed by atoms with Crippen LogP contribution < -0.4 is 5.73 Å². The molecule has 0 aromatic heterocycles. The highest BCUT2D eigenvalue weighted by Crippen LogP contribution is 2.20. The van der Waals surface area contributed by atoms with Gasteiger partial charge in [0.05, 0.1) is 6.61 Å². The van der Waals surface area contributed by atoms with Crippen LogP contribution in [0.15, 0.2) is 24.3 Å². The van der Waals surface area contributed by atoms with Gasteiger partial charge in [-0.25, -0.2) is 0 Å². The molecule has 0 aliphatic heterocycles. The minimum Gasteiger partial charge on any atom is -0.398 e. The van der Waals surface area contributed by atoms with Crippen LogP contribution in [0.3, 0.4) is 0 Å². The average molecular weight is 287 g/mol. The standard InChI is InChI=1S/C12H21NO3SSi/c1-14-18(15-2,9-5-8-17)16-10-11-6-3-4-7-12(11)13/h3-4,6-7,17H,5,8-10,13H2,1-2H3. The van der Waals surface area contributed by atoms with Crippen LogP contribution in [0, 0.1) is 0 Å². The summed E-state index contributed by atoms with van der Waals surface area (Å²) in [4.78, 5) is 0. The molecule has 6 heteroatoms. The number of hydrogen-bond acceptors (Lipinski definition) is 5. The largest absolute Gasteiger partial charge is 0.500 e. The first-order chi connectivity index (χ1) is 8.67. The van der Waals surface area contributed by atoms with E-state index in [0.29, 0.717) is 6.61 Å². The third-order valence-corrected chi connectivity index (χ3v) is 5.88. The minimum absolute atomic E-state index is 0.410. The highest BCUT2D eigenvalue weighted by Gasteiger charge is 2.38. The van der Waals surface area contributed by atoms with E-state index in [-0.39, 0.29) is 0 Å². The Morgan fingerprint density at radius 3 is 2.44 bits per heavy atom. The SMILES string of the molecule is CO[Si](CCCS)(OC)OCc1ccccc1N. The van der Waals surface area contributed by atoms with Crippen molar-refractivity contribution < 1.29 is 13.3 Å². The van der Waals surface area contributed by atoms with Gasteiger partial charge in [0, 0.05) is 26.0 Å². The maximum absolute atomic E-state index is 5.88. The highest BCUT2D eigenvalue weighted by atomic mass is 32.1. The van der Waals surface area contributed by atoms with Crippen LogP contribution >= 0.6 is 12.6 Å². The highest BCUT2D eigenvalue weighted by molar-refractivity contribution is 7.80. The molecule has 0 saturated carbocycles. The van der Waals surface area contributed by atoms with E-state index in [4.69, 9.17) is 19.0 Å². The summed E-state index contributed by atoms with van der Waals surface area (Å²) >= 11 is 4.20. The molecule has 102 valence electrons. The van der Waals surface area contributed by atoms with E-state index >= 15 is 0 Å². The monoisotopic (exact) mass is 287 g/mol. The molecular weight excluding hydrogens is 266 g/mol. The van der Waals surface area contributed by atoms with Gasteiger partial charge in [0.15, 0.2) is 0 Å². The molecule has 0 amide bonds. The molecule has 0 unspecified atom stereocenters. The molecule has 4 nitrogen and oxygen atoms in total. The molecule has 0 atom stereocenters. The summed E-state index contributed by atoms with van der Waals surface area (Å²) in [5, 5.41) is 0. The summed E-state index contributed by atoms with van der Waals surface area (Å²) in [5.74, 6) is 0.790. The maximum Gasteiger partial charge on any atom is 0.500 e. The summed E-state index contributed by atoms with van der Waals surface area (Å²) in [5.41, 5.74) is 7.55. The van der Waals surface area contributed by atoms with Crippen molar-refractivity contribution in [1.29, 1.82) is 0 Å². The second-order valence-electron chi connectivity index (χ2n) is 3.91. The maximum atomic E-state index is 5.88. The Morgan fingerprint density at radius 2 is 1.89 bits per heavy atom. The van der Waals surface area contributed by atoms with Crippen LogP contribution in [0.2, 0.25) is 6.04 Å². The lowest BCUT2D eigenvalue weighted by Crippen LogP contribution is -2.43. The first-order valence-corrected chi connectivity index (χ1v) is 8.42. The molecule has 18 heavy (non-hydrogen) atoms. The van der Waals surface area contributed by atoms with Crippen molar-refractivity contribution >= 4 is 27.1 Å². The summed E-state index contributed by atoms with van der Waals surface area (Å²) < 4.78 is 16.8. The van der Waals surface area contributed by atoms with Crippen LogP contribution in [-0.4, -0.2) is 28.8 Å². The lowest BCUT2D eigenvalue weighted by atomic mass is 10.2. The Bertz CT molecular complexity index is 361. The molecule has 1 aromatic carbocycles. The van der Waals surface area contributed by atoms with Gasteiger partial charge in [-0.1, -0.05) is 18.2 Å². The van der Waals surface area contributed by atoms with Crippen LogP contribution in [0.25, 0.3) is 0 Å². The third-order valence-electron chi connectivity index (χ3n) is 2.77. The number of thiol groups is 1. The van der Waals surface area contributed by atoms with Crippen molar-refractivity contribution in [2.45, 2.75) is 19.1 Å². The zero-order valence-corrected chi connectivity index (χ0v) is 12.8. The van der Waals surface area contributed by atoms with Gasteiger partial charge in [0.25, 0.3) is 0 Å². The second kappa shape index (κ2) is 7.80. The fraction of sp³-hybridized carbons (Fsp3) is 0.500. The number of nitrogen functional groups attached to an aromatic ring is 1. The summed E-state index contributed by atoms with van der Waals surface area (Å²) in [6, 6.07) is 8.40. The zero-order chi connectivity index (χ0) is 13.4. The fourth-order valence-corrected chi connectivity index (χ4v) is 4.02. The van der Waals surface area contributed by atoms with E-state index < -0.39 is 8.80 Å². The normalized spacial score (nSPS) is 11.7. The van der Waals surface area contributed by atoms with E-state index in [1.807, 2.05) is 24.3 Å². The van der Waals surface area contributed by atoms with Gasteiger partial charge in [-0.2, -0.15) is 12.6 Å². The smallest absolute Gasteiger partial charge is 0.398 e. The summed E-state index contributed by atoms with van der Waals surface area (Å²) in [7, 11) is 0.681. The number of anilines is 1. The molecule has 0 bridgehead atoms. The molecule has 0 fully saturated rings. The van der Waals surface area contributed by atoms with Crippen molar-refractivity contribution in [3.63, 3.8) is 0 Å². The minimum atomic E-state index is -2.57. The Hall–Kier alpha value is -0.533. The Kier molecular flexibility index (Phi) is 6.73.